The van der Waals surface area contributed by atoms with Crippen molar-refractivity contribution >= 4 is 34.8 Å². The highest BCUT2D eigenvalue weighted by Gasteiger charge is 2.41. The molecule has 6 nitrogen and oxygen atoms in total. The maximum Gasteiger partial charge on any atom is 0.416 e. The summed E-state index contributed by atoms with van der Waals surface area (Å²) in [6, 6.07) is 19.3. The number of anilines is 2. The van der Waals surface area contributed by atoms with Gasteiger partial charge < -0.3 is 16.0 Å². The zero-order valence-corrected chi connectivity index (χ0v) is 25.6. The van der Waals surface area contributed by atoms with Gasteiger partial charge in [0.05, 0.1) is 16.8 Å². The van der Waals surface area contributed by atoms with Crippen molar-refractivity contribution in [1.82, 2.24) is 15.5 Å². The number of carbonyl (C=O) groups is 2. The number of alkyl halides is 3. The number of benzene rings is 3. The van der Waals surface area contributed by atoms with Gasteiger partial charge in [0, 0.05) is 35.4 Å². The first-order valence-corrected chi connectivity index (χ1v) is 15.5. The van der Waals surface area contributed by atoms with Gasteiger partial charge >= 0.3 is 6.18 Å². The van der Waals surface area contributed by atoms with Gasteiger partial charge in [0.15, 0.2) is 0 Å². The van der Waals surface area contributed by atoms with Crippen molar-refractivity contribution in [3.05, 3.63) is 94.5 Å². The summed E-state index contributed by atoms with van der Waals surface area (Å²) in [7, 11) is 0. The first kappa shape index (κ1) is 31.9. The highest BCUT2D eigenvalue weighted by atomic mass is 35.5. The maximum absolute atomic E-state index is 13.6. The highest BCUT2D eigenvalue weighted by molar-refractivity contribution is 6.30. The fourth-order valence-corrected chi connectivity index (χ4v) is 6.54. The molecule has 234 valence electrons. The lowest BCUT2D eigenvalue weighted by Gasteiger charge is -2.39. The molecule has 3 atom stereocenters. The Labute approximate surface area is 261 Å². The largest absolute Gasteiger partial charge is 0.416 e. The van der Waals surface area contributed by atoms with Crippen molar-refractivity contribution < 1.29 is 22.8 Å². The summed E-state index contributed by atoms with van der Waals surface area (Å²) in [5, 5.41) is 9.80. The van der Waals surface area contributed by atoms with Crippen LogP contribution in [0.4, 0.5) is 24.5 Å². The number of hydrogen-bond donors (Lipinski definition) is 3. The molecule has 2 fully saturated rings. The Bertz CT molecular complexity index is 1450. The number of rotatable bonds is 10. The summed E-state index contributed by atoms with van der Waals surface area (Å²) >= 11 is 6.06. The fraction of sp³-hybridized carbons (Fsp3) is 0.412. The average molecular weight is 627 g/mol. The zero-order valence-electron chi connectivity index (χ0n) is 24.8. The molecule has 10 heteroatoms. The Kier molecular flexibility index (Phi) is 9.85. The van der Waals surface area contributed by atoms with Gasteiger partial charge in [-0.05, 0) is 86.1 Å². The van der Waals surface area contributed by atoms with Crippen molar-refractivity contribution in [2.45, 2.75) is 82.8 Å². The van der Waals surface area contributed by atoms with Crippen LogP contribution in [0.25, 0.3) is 0 Å². The topological polar surface area (TPSA) is 73.5 Å². The molecule has 3 aromatic rings. The lowest BCUT2D eigenvalue weighted by atomic mass is 9.95. The van der Waals surface area contributed by atoms with Crippen LogP contribution >= 0.6 is 11.6 Å². The molecule has 2 heterocycles. The lowest BCUT2D eigenvalue weighted by Crippen LogP contribution is -2.54. The van der Waals surface area contributed by atoms with Crippen LogP contribution in [0, 0.1) is 5.92 Å². The van der Waals surface area contributed by atoms with Crippen molar-refractivity contribution in [3.63, 3.8) is 0 Å². The van der Waals surface area contributed by atoms with Crippen LogP contribution in [-0.4, -0.2) is 40.9 Å². The van der Waals surface area contributed by atoms with Crippen LogP contribution in [0.1, 0.15) is 67.4 Å². The third-order valence-corrected chi connectivity index (χ3v) is 8.73. The van der Waals surface area contributed by atoms with Crippen LogP contribution in [0.3, 0.4) is 0 Å². The van der Waals surface area contributed by atoms with E-state index < -0.39 is 23.7 Å². The van der Waals surface area contributed by atoms with Crippen molar-refractivity contribution in [2.75, 3.05) is 5.32 Å². The molecule has 0 spiro atoms. The van der Waals surface area contributed by atoms with E-state index in [0.717, 1.165) is 49.4 Å². The van der Waals surface area contributed by atoms with E-state index in [-0.39, 0.29) is 29.1 Å². The monoisotopic (exact) mass is 626 g/mol. The summed E-state index contributed by atoms with van der Waals surface area (Å²) in [4.78, 5) is 29.6. The average Bonchev–Trinajstić information content (AvgIpc) is 3.20. The smallest absolute Gasteiger partial charge is 0.355 e. The Morgan fingerprint density at radius 1 is 0.955 bits per heavy atom. The molecule has 0 aromatic heterocycles. The Balaban J connectivity index is 1.24. The van der Waals surface area contributed by atoms with Gasteiger partial charge in [-0.2, -0.15) is 13.2 Å². The van der Waals surface area contributed by atoms with E-state index in [0.29, 0.717) is 24.2 Å². The minimum Gasteiger partial charge on any atom is -0.355 e. The number of nitrogens with zero attached hydrogens (tertiary/aromatic N) is 1. The second-order valence-electron chi connectivity index (χ2n) is 12.3. The second-order valence-corrected chi connectivity index (χ2v) is 12.7. The number of amides is 2. The summed E-state index contributed by atoms with van der Waals surface area (Å²) in [6.07, 6.45) is -0.162. The molecule has 2 unspecified atom stereocenters. The Hall–Kier alpha value is -3.56. The fourth-order valence-electron chi connectivity index (χ4n) is 6.41. The van der Waals surface area contributed by atoms with Crippen LogP contribution in [0.15, 0.2) is 72.8 Å². The van der Waals surface area contributed by atoms with Crippen LogP contribution in [0.5, 0.6) is 0 Å². The minimum atomic E-state index is -4.49. The molecule has 2 amide bonds. The van der Waals surface area contributed by atoms with Gasteiger partial charge in [0.25, 0.3) is 5.91 Å². The van der Waals surface area contributed by atoms with E-state index >= 15 is 0 Å². The molecule has 3 N–H and O–H groups in total. The third kappa shape index (κ3) is 7.93. The summed E-state index contributed by atoms with van der Waals surface area (Å²) in [5.41, 5.74) is 1.21. The molecule has 5 rings (SSSR count). The van der Waals surface area contributed by atoms with E-state index in [9.17, 15) is 22.8 Å². The van der Waals surface area contributed by atoms with E-state index in [2.05, 4.69) is 33.0 Å². The molecular formula is C34H38ClF3N4O2. The van der Waals surface area contributed by atoms with Crippen molar-refractivity contribution in [3.8, 4) is 0 Å². The van der Waals surface area contributed by atoms with Crippen LogP contribution in [0.2, 0.25) is 5.02 Å². The highest BCUT2D eigenvalue weighted by Crippen LogP contribution is 2.37. The first-order chi connectivity index (χ1) is 21.0. The molecule has 2 bridgehead atoms. The quantitative estimate of drug-likeness (QED) is 0.217. The van der Waals surface area contributed by atoms with E-state index in [4.69, 9.17) is 11.6 Å². The van der Waals surface area contributed by atoms with Gasteiger partial charge in [-0.1, -0.05) is 55.8 Å². The van der Waals surface area contributed by atoms with Crippen molar-refractivity contribution in [1.29, 1.82) is 0 Å². The van der Waals surface area contributed by atoms with E-state index in [1.807, 2.05) is 26.0 Å². The number of fused-ring (bicyclic) bond motifs is 2. The summed E-state index contributed by atoms with van der Waals surface area (Å²) in [6.45, 7) is 4.84. The molecule has 0 saturated carbocycles. The Morgan fingerprint density at radius 3 is 2.30 bits per heavy atom. The maximum atomic E-state index is 13.6. The molecule has 3 aromatic carbocycles. The van der Waals surface area contributed by atoms with E-state index in [1.54, 1.807) is 24.3 Å². The lowest BCUT2D eigenvalue weighted by molar-refractivity contribution is -0.137. The number of carbonyl (C=O) groups excluding carboxylic acids is 2. The number of nitrogens with one attached hydrogen (secondary N) is 3. The molecule has 0 radical (unpaired) electrons. The Morgan fingerprint density at radius 2 is 1.64 bits per heavy atom. The standard InChI is InChI=1S/C34H38ClF3N4O2/c1-21(2)16-31(33(44)40-26-18-27-14-15-28(19-26)42(27)20-22-10-12-24(35)13-11-22)41-32(43)29-8-3-4-9-30(29)39-25-7-5-6-23(17-25)34(36,37)38/h3-13,17,21,26-28,31,39H,14-16,18-20H2,1-2H3,(H,40,44)(H,41,43)/t26?,27?,28?,31-/m0/s1. The van der Waals surface area contributed by atoms with Gasteiger partial charge in [0.1, 0.15) is 6.04 Å². The minimum absolute atomic E-state index is 0.0166. The molecule has 44 heavy (non-hydrogen) atoms. The first-order valence-electron chi connectivity index (χ1n) is 15.1. The molecular weight excluding hydrogens is 589 g/mol. The predicted octanol–water partition coefficient (Wildman–Crippen LogP) is 7.56. The van der Waals surface area contributed by atoms with Crippen LogP contribution in [-0.2, 0) is 17.5 Å². The van der Waals surface area contributed by atoms with Gasteiger partial charge in [-0.3, -0.25) is 14.5 Å². The van der Waals surface area contributed by atoms with Crippen molar-refractivity contribution in [2.24, 2.45) is 5.92 Å². The normalized spacial score (nSPS) is 20.8. The van der Waals surface area contributed by atoms with Gasteiger partial charge in [-0.15, -0.1) is 0 Å². The number of para-hydroxylation sites is 1. The zero-order chi connectivity index (χ0) is 31.4. The summed E-state index contributed by atoms with van der Waals surface area (Å²) < 4.78 is 39.7. The molecule has 2 aliphatic rings. The third-order valence-electron chi connectivity index (χ3n) is 8.48. The number of hydrogen-bond acceptors (Lipinski definition) is 4. The van der Waals surface area contributed by atoms with Gasteiger partial charge in [0.2, 0.25) is 5.91 Å². The van der Waals surface area contributed by atoms with Crippen LogP contribution < -0.4 is 16.0 Å². The number of piperidine rings is 1. The van der Waals surface area contributed by atoms with E-state index in [1.165, 1.54) is 17.7 Å². The second kappa shape index (κ2) is 13.6. The van der Waals surface area contributed by atoms with Gasteiger partial charge in [-0.25, -0.2) is 0 Å². The molecule has 2 saturated heterocycles. The number of halogens is 4. The summed E-state index contributed by atoms with van der Waals surface area (Å²) in [5.74, 6) is -0.549. The SMILES string of the molecule is CC(C)C[C@H](NC(=O)c1ccccc1Nc1cccc(C(F)(F)F)c1)C(=O)NC1CC2CCC(C1)N2Cc1ccc(Cl)cc1. The molecule has 2 aliphatic heterocycles. The molecule has 0 aliphatic carbocycles. The predicted molar refractivity (Wildman–Crippen MR) is 167 cm³/mol.